The zero-order valence-corrected chi connectivity index (χ0v) is 8.52. The van der Waals surface area contributed by atoms with Crippen molar-refractivity contribution in [1.29, 1.82) is 0 Å². The zero-order valence-electron chi connectivity index (χ0n) is 8.52. The molecule has 0 radical (unpaired) electrons. The number of pyridine rings is 1. The standard InChI is InChI=1S/C12H6F2N2O/c13-9-1-7(2-10(14)4-9)8-3-11-12(15-5-8)16-6-17-11/h1-6H. The van der Waals surface area contributed by atoms with Gasteiger partial charge in [0.05, 0.1) is 0 Å². The van der Waals surface area contributed by atoms with Gasteiger partial charge < -0.3 is 4.42 Å². The fourth-order valence-corrected chi connectivity index (χ4v) is 1.63. The normalized spacial score (nSPS) is 10.9. The van der Waals surface area contributed by atoms with Gasteiger partial charge in [0.1, 0.15) is 11.6 Å². The van der Waals surface area contributed by atoms with Crippen molar-refractivity contribution < 1.29 is 13.2 Å². The predicted octanol–water partition coefficient (Wildman–Crippen LogP) is 3.17. The van der Waals surface area contributed by atoms with Gasteiger partial charge in [0.2, 0.25) is 0 Å². The Labute approximate surface area is 94.7 Å². The maximum Gasteiger partial charge on any atom is 0.198 e. The molecule has 0 unspecified atom stereocenters. The van der Waals surface area contributed by atoms with Crippen LogP contribution in [-0.4, -0.2) is 9.97 Å². The molecule has 5 heteroatoms. The van der Waals surface area contributed by atoms with Gasteiger partial charge in [-0.2, -0.15) is 4.98 Å². The number of fused-ring (bicyclic) bond motifs is 1. The predicted molar refractivity (Wildman–Crippen MR) is 57.2 cm³/mol. The molecule has 3 nitrogen and oxygen atoms in total. The zero-order chi connectivity index (χ0) is 11.8. The third kappa shape index (κ3) is 1.75. The highest BCUT2D eigenvalue weighted by Crippen LogP contribution is 2.23. The van der Waals surface area contributed by atoms with E-state index in [1.807, 2.05) is 0 Å². The van der Waals surface area contributed by atoms with Gasteiger partial charge in [0, 0.05) is 17.8 Å². The number of rotatable bonds is 1. The molecule has 0 N–H and O–H groups in total. The van der Waals surface area contributed by atoms with Crippen molar-refractivity contribution in [1.82, 2.24) is 9.97 Å². The lowest BCUT2D eigenvalue weighted by molar-refractivity contribution is 0.584. The Kier molecular flexibility index (Phi) is 2.11. The molecule has 0 spiro atoms. The SMILES string of the molecule is Fc1cc(F)cc(-c2cnc3ncoc3c2)c1. The monoisotopic (exact) mass is 232 g/mol. The van der Waals surface area contributed by atoms with E-state index in [9.17, 15) is 8.78 Å². The van der Waals surface area contributed by atoms with Crippen LogP contribution in [0.4, 0.5) is 8.78 Å². The minimum Gasteiger partial charge on any atom is -0.442 e. The fourth-order valence-electron chi connectivity index (χ4n) is 1.63. The Morgan fingerprint density at radius 3 is 2.41 bits per heavy atom. The number of benzene rings is 1. The van der Waals surface area contributed by atoms with Crippen LogP contribution in [0.1, 0.15) is 0 Å². The maximum atomic E-state index is 13.1. The largest absolute Gasteiger partial charge is 0.442 e. The second-order valence-electron chi connectivity index (χ2n) is 3.56. The van der Waals surface area contributed by atoms with Crippen molar-refractivity contribution in [3.8, 4) is 11.1 Å². The first-order chi connectivity index (χ1) is 8.22. The van der Waals surface area contributed by atoms with Crippen LogP contribution < -0.4 is 0 Å². The topological polar surface area (TPSA) is 38.9 Å². The summed E-state index contributed by atoms with van der Waals surface area (Å²) in [6.45, 7) is 0. The van der Waals surface area contributed by atoms with E-state index in [1.165, 1.54) is 24.7 Å². The summed E-state index contributed by atoms with van der Waals surface area (Å²) in [4.78, 5) is 7.89. The van der Waals surface area contributed by atoms with E-state index in [4.69, 9.17) is 4.42 Å². The summed E-state index contributed by atoms with van der Waals surface area (Å²) in [6.07, 6.45) is 2.77. The van der Waals surface area contributed by atoms with Crippen LogP contribution in [0.15, 0.2) is 41.3 Å². The molecular weight excluding hydrogens is 226 g/mol. The van der Waals surface area contributed by atoms with Crippen molar-refractivity contribution in [2.24, 2.45) is 0 Å². The molecule has 0 atom stereocenters. The molecule has 2 aromatic heterocycles. The van der Waals surface area contributed by atoms with Gasteiger partial charge in [-0.05, 0) is 23.8 Å². The Morgan fingerprint density at radius 2 is 1.65 bits per heavy atom. The lowest BCUT2D eigenvalue weighted by Crippen LogP contribution is -1.85. The summed E-state index contributed by atoms with van der Waals surface area (Å²) in [7, 11) is 0. The molecule has 17 heavy (non-hydrogen) atoms. The van der Waals surface area contributed by atoms with Gasteiger partial charge in [-0.1, -0.05) is 0 Å². The molecule has 2 heterocycles. The highest BCUT2D eigenvalue weighted by molar-refractivity contribution is 5.75. The van der Waals surface area contributed by atoms with Crippen LogP contribution in [-0.2, 0) is 0 Å². The van der Waals surface area contributed by atoms with E-state index in [0.29, 0.717) is 22.4 Å². The van der Waals surface area contributed by atoms with Crippen LogP contribution in [0.3, 0.4) is 0 Å². The van der Waals surface area contributed by atoms with Crippen molar-refractivity contribution in [3.05, 3.63) is 48.5 Å². The first-order valence-electron chi connectivity index (χ1n) is 4.88. The highest BCUT2D eigenvalue weighted by atomic mass is 19.1. The van der Waals surface area contributed by atoms with Gasteiger partial charge in [-0.3, -0.25) is 0 Å². The van der Waals surface area contributed by atoms with Crippen molar-refractivity contribution in [3.63, 3.8) is 0 Å². The quantitative estimate of drug-likeness (QED) is 0.646. The Morgan fingerprint density at radius 1 is 0.882 bits per heavy atom. The molecule has 0 aliphatic rings. The third-order valence-corrected chi connectivity index (χ3v) is 2.38. The number of oxazole rings is 1. The first-order valence-corrected chi connectivity index (χ1v) is 4.88. The van der Waals surface area contributed by atoms with Crippen LogP contribution in [0.25, 0.3) is 22.4 Å². The molecule has 0 amide bonds. The van der Waals surface area contributed by atoms with E-state index >= 15 is 0 Å². The lowest BCUT2D eigenvalue weighted by atomic mass is 10.1. The molecule has 0 saturated carbocycles. The van der Waals surface area contributed by atoms with Crippen molar-refractivity contribution in [2.45, 2.75) is 0 Å². The average Bonchev–Trinajstić information content (AvgIpc) is 2.74. The second kappa shape index (κ2) is 3.62. The van der Waals surface area contributed by atoms with E-state index in [0.717, 1.165) is 6.07 Å². The van der Waals surface area contributed by atoms with Crippen LogP contribution in [0.5, 0.6) is 0 Å². The summed E-state index contributed by atoms with van der Waals surface area (Å²) >= 11 is 0. The molecule has 0 aliphatic heterocycles. The molecule has 0 aliphatic carbocycles. The Bertz CT molecular complexity index is 674. The molecule has 3 rings (SSSR count). The summed E-state index contributed by atoms with van der Waals surface area (Å²) in [5.74, 6) is -1.25. The minimum absolute atomic E-state index is 0.410. The smallest absolute Gasteiger partial charge is 0.198 e. The summed E-state index contributed by atoms with van der Waals surface area (Å²) in [5.41, 5.74) is 1.93. The number of hydrogen-bond acceptors (Lipinski definition) is 3. The molecule has 0 fully saturated rings. The number of halogens is 2. The fraction of sp³-hybridized carbons (Fsp3) is 0. The van der Waals surface area contributed by atoms with Gasteiger partial charge >= 0.3 is 0 Å². The summed E-state index contributed by atoms with van der Waals surface area (Å²) in [6, 6.07) is 4.94. The van der Waals surface area contributed by atoms with Crippen molar-refractivity contribution in [2.75, 3.05) is 0 Å². The molecular formula is C12H6F2N2O. The van der Waals surface area contributed by atoms with Crippen LogP contribution in [0.2, 0.25) is 0 Å². The van der Waals surface area contributed by atoms with Gasteiger partial charge in [0.25, 0.3) is 0 Å². The Hall–Kier alpha value is -2.30. The number of nitrogens with zero attached hydrogens (tertiary/aromatic N) is 2. The third-order valence-electron chi connectivity index (χ3n) is 2.38. The van der Waals surface area contributed by atoms with Crippen LogP contribution in [0, 0.1) is 11.6 Å². The molecule has 3 aromatic rings. The average molecular weight is 232 g/mol. The Balaban J connectivity index is 2.19. The summed E-state index contributed by atoms with van der Waals surface area (Å²) < 4.78 is 31.2. The van der Waals surface area contributed by atoms with Gasteiger partial charge in [-0.15, -0.1) is 0 Å². The van der Waals surface area contributed by atoms with Crippen LogP contribution >= 0.6 is 0 Å². The maximum absolute atomic E-state index is 13.1. The van der Waals surface area contributed by atoms with Gasteiger partial charge in [0.15, 0.2) is 17.6 Å². The summed E-state index contributed by atoms with van der Waals surface area (Å²) in [5, 5.41) is 0. The molecule has 0 bridgehead atoms. The van der Waals surface area contributed by atoms with E-state index in [2.05, 4.69) is 9.97 Å². The lowest BCUT2D eigenvalue weighted by Gasteiger charge is -2.01. The first kappa shape index (κ1) is 9.89. The number of aromatic nitrogens is 2. The molecule has 1 aromatic carbocycles. The second-order valence-corrected chi connectivity index (χ2v) is 3.56. The molecule has 0 saturated heterocycles. The minimum atomic E-state index is -0.627. The number of hydrogen-bond donors (Lipinski definition) is 0. The van der Waals surface area contributed by atoms with E-state index in [1.54, 1.807) is 6.07 Å². The molecule has 84 valence electrons. The van der Waals surface area contributed by atoms with Crippen molar-refractivity contribution >= 4 is 11.2 Å². The highest BCUT2D eigenvalue weighted by Gasteiger charge is 2.06. The van der Waals surface area contributed by atoms with E-state index < -0.39 is 11.6 Å². The van der Waals surface area contributed by atoms with Gasteiger partial charge in [-0.25, -0.2) is 13.8 Å². The van der Waals surface area contributed by atoms with E-state index in [-0.39, 0.29) is 0 Å².